The van der Waals surface area contributed by atoms with Crippen LogP contribution in [-0.2, 0) is 16.0 Å². The zero-order valence-electron chi connectivity index (χ0n) is 12.9. The summed E-state index contributed by atoms with van der Waals surface area (Å²) in [5.74, 6) is 0.492. The third kappa shape index (κ3) is 4.13. The molecule has 22 heavy (non-hydrogen) atoms. The molecule has 0 aromatic heterocycles. The predicted molar refractivity (Wildman–Crippen MR) is 85.1 cm³/mol. The number of carbonyl (C=O) groups excluding carboxylic acids is 2. The minimum atomic E-state index is -0.247. The highest BCUT2D eigenvalue weighted by atomic mass is 35.5. The Balaban J connectivity index is 1.87. The van der Waals surface area contributed by atoms with Crippen molar-refractivity contribution in [2.24, 2.45) is 5.92 Å². The van der Waals surface area contributed by atoms with Crippen LogP contribution in [0.2, 0.25) is 5.02 Å². The summed E-state index contributed by atoms with van der Waals surface area (Å²) < 4.78 is 5.55. The van der Waals surface area contributed by atoms with Gasteiger partial charge in [0, 0.05) is 31.6 Å². The summed E-state index contributed by atoms with van der Waals surface area (Å²) in [5, 5.41) is 3.53. The van der Waals surface area contributed by atoms with Crippen molar-refractivity contribution in [3.63, 3.8) is 0 Å². The largest absolute Gasteiger partial charge is 0.494 e. The van der Waals surface area contributed by atoms with Gasteiger partial charge in [0.15, 0.2) is 0 Å². The summed E-state index contributed by atoms with van der Waals surface area (Å²) >= 11 is 6.01. The molecule has 2 amide bonds. The first-order chi connectivity index (χ1) is 10.5. The molecule has 1 heterocycles. The molecule has 1 N–H and O–H groups in total. The highest BCUT2D eigenvalue weighted by molar-refractivity contribution is 6.30. The summed E-state index contributed by atoms with van der Waals surface area (Å²) in [6, 6.07) is 5.48. The van der Waals surface area contributed by atoms with E-state index in [1.54, 1.807) is 18.0 Å². The summed E-state index contributed by atoms with van der Waals surface area (Å²) in [4.78, 5) is 25.1. The van der Waals surface area contributed by atoms with Gasteiger partial charge in [-0.3, -0.25) is 9.59 Å². The van der Waals surface area contributed by atoms with Crippen molar-refractivity contribution in [2.75, 3.05) is 26.7 Å². The number of nitrogens with one attached hydrogen (secondary N) is 1. The Morgan fingerprint density at radius 1 is 1.50 bits per heavy atom. The van der Waals surface area contributed by atoms with E-state index in [0.29, 0.717) is 37.6 Å². The number of nitrogens with zero attached hydrogens (tertiary/aromatic N) is 1. The molecule has 1 atom stereocenters. The molecule has 1 fully saturated rings. The molecule has 1 saturated heterocycles. The number of hydrogen-bond donors (Lipinski definition) is 1. The zero-order valence-corrected chi connectivity index (χ0v) is 13.7. The second-order valence-corrected chi connectivity index (χ2v) is 5.84. The fourth-order valence-corrected chi connectivity index (χ4v) is 2.74. The smallest absolute Gasteiger partial charge is 0.225 e. The molecule has 0 spiro atoms. The average molecular weight is 325 g/mol. The molecule has 0 unspecified atom stereocenters. The quantitative estimate of drug-likeness (QED) is 0.869. The van der Waals surface area contributed by atoms with Gasteiger partial charge in [0.1, 0.15) is 5.75 Å². The third-order valence-corrected chi connectivity index (χ3v) is 3.96. The molecule has 0 radical (unpaired) electrons. The Morgan fingerprint density at radius 2 is 2.27 bits per heavy atom. The van der Waals surface area contributed by atoms with E-state index in [2.05, 4.69) is 5.32 Å². The van der Waals surface area contributed by atoms with Crippen LogP contribution in [0.3, 0.4) is 0 Å². The molecule has 1 aromatic carbocycles. The zero-order chi connectivity index (χ0) is 16.1. The van der Waals surface area contributed by atoms with Gasteiger partial charge in [-0.15, -0.1) is 0 Å². The minimum Gasteiger partial charge on any atom is -0.494 e. The molecule has 120 valence electrons. The van der Waals surface area contributed by atoms with Crippen molar-refractivity contribution >= 4 is 23.4 Å². The Morgan fingerprint density at radius 3 is 2.91 bits per heavy atom. The Labute approximate surface area is 135 Å². The monoisotopic (exact) mass is 324 g/mol. The van der Waals surface area contributed by atoms with Crippen LogP contribution in [0.25, 0.3) is 0 Å². The first-order valence-electron chi connectivity index (χ1n) is 7.44. The Hall–Kier alpha value is -1.75. The fraction of sp³-hybridized carbons (Fsp3) is 0.500. The lowest BCUT2D eigenvalue weighted by Crippen LogP contribution is -2.33. The molecule has 2 rings (SSSR count). The number of benzene rings is 1. The van der Waals surface area contributed by atoms with Crippen molar-refractivity contribution in [3.8, 4) is 5.75 Å². The second-order valence-electron chi connectivity index (χ2n) is 5.40. The molecule has 1 aliphatic rings. The van der Waals surface area contributed by atoms with E-state index in [-0.39, 0.29) is 17.7 Å². The molecular weight excluding hydrogens is 304 g/mol. The average Bonchev–Trinajstić information content (AvgIpc) is 2.81. The van der Waals surface area contributed by atoms with Crippen LogP contribution in [0.5, 0.6) is 5.75 Å². The Kier molecular flexibility index (Phi) is 5.66. The molecule has 0 saturated carbocycles. The molecule has 5 nitrogen and oxygen atoms in total. The van der Waals surface area contributed by atoms with Crippen molar-refractivity contribution in [3.05, 3.63) is 28.8 Å². The summed E-state index contributed by atoms with van der Waals surface area (Å²) in [5.41, 5.74) is 0.967. The lowest BCUT2D eigenvalue weighted by Gasteiger charge is -2.13. The molecule has 0 aliphatic carbocycles. The van der Waals surface area contributed by atoms with E-state index < -0.39 is 0 Å². The van der Waals surface area contributed by atoms with Gasteiger partial charge in [0.05, 0.1) is 12.5 Å². The second kappa shape index (κ2) is 7.49. The summed E-state index contributed by atoms with van der Waals surface area (Å²) in [6.45, 7) is 3.49. The number of halogens is 1. The van der Waals surface area contributed by atoms with Gasteiger partial charge >= 0.3 is 0 Å². The normalized spacial score (nSPS) is 17.7. The van der Waals surface area contributed by atoms with Gasteiger partial charge in [-0.05, 0) is 37.1 Å². The number of carbonyl (C=O) groups is 2. The van der Waals surface area contributed by atoms with Crippen LogP contribution >= 0.6 is 11.6 Å². The van der Waals surface area contributed by atoms with Gasteiger partial charge in [-0.1, -0.05) is 11.6 Å². The fourth-order valence-electron chi connectivity index (χ4n) is 2.54. The van der Waals surface area contributed by atoms with Gasteiger partial charge in [0.25, 0.3) is 0 Å². The van der Waals surface area contributed by atoms with E-state index in [1.807, 2.05) is 19.1 Å². The van der Waals surface area contributed by atoms with E-state index >= 15 is 0 Å². The maximum atomic E-state index is 12.1. The first-order valence-corrected chi connectivity index (χ1v) is 7.82. The van der Waals surface area contributed by atoms with Crippen LogP contribution in [0.1, 0.15) is 18.9 Å². The van der Waals surface area contributed by atoms with Crippen molar-refractivity contribution in [2.45, 2.75) is 19.8 Å². The molecule has 1 aliphatic heterocycles. The van der Waals surface area contributed by atoms with Crippen molar-refractivity contribution in [1.29, 1.82) is 0 Å². The molecule has 1 aromatic rings. The maximum absolute atomic E-state index is 12.1. The standard InChI is InChI=1S/C16H21ClN2O3/c1-3-22-14-5-4-13(17)8-11(14)6-7-18-16(21)12-9-15(20)19(2)10-12/h4-5,8,12H,3,6-7,9-10H2,1-2H3,(H,18,21)/t12-/m1/s1. The van der Waals surface area contributed by atoms with Gasteiger partial charge in [-0.2, -0.15) is 0 Å². The van der Waals surface area contributed by atoms with E-state index in [0.717, 1.165) is 11.3 Å². The van der Waals surface area contributed by atoms with Crippen LogP contribution in [0.4, 0.5) is 0 Å². The van der Waals surface area contributed by atoms with Crippen LogP contribution in [-0.4, -0.2) is 43.5 Å². The third-order valence-electron chi connectivity index (χ3n) is 3.73. The highest BCUT2D eigenvalue weighted by Crippen LogP contribution is 2.23. The molecule has 6 heteroatoms. The SMILES string of the molecule is CCOc1ccc(Cl)cc1CCNC(=O)[C@@H]1CC(=O)N(C)C1. The summed E-state index contributed by atoms with van der Waals surface area (Å²) in [7, 11) is 1.72. The number of hydrogen-bond acceptors (Lipinski definition) is 3. The van der Waals surface area contributed by atoms with Crippen LogP contribution in [0.15, 0.2) is 18.2 Å². The van der Waals surface area contributed by atoms with Crippen LogP contribution in [0, 0.1) is 5.92 Å². The van der Waals surface area contributed by atoms with Crippen LogP contribution < -0.4 is 10.1 Å². The Bertz CT molecular complexity index is 562. The summed E-state index contributed by atoms with van der Waals surface area (Å²) in [6.07, 6.45) is 0.932. The number of rotatable bonds is 6. The van der Waals surface area contributed by atoms with E-state index in [4.69, 9.17) is 16.3 Å². The topological polar surface area (TPSA) is 58.6 Å². The van der Waals surface area contributed by atoms with E-state index in [1.165, 1.54) is 0 Å². The van der Waals surface area contributed by atoms with Gasteiger partial charge in [-0.25, -0.2) is 0 Å². The lowest BCUT2D eigenvalue weighted by molar-refractivity contribution is -0.128. The number of ether oxygens (including phenoxy) is 1. The molecular formula is C16H21ClN2O3. The van der Waals surface area contributed by atoms with Gasteiger partial charge in [0.2, 0.25) is 11.8 Å². The number of likely N-dealkylation sites (tertiary alicyclic amines) is 1. The van der Waals surface area contributed by atoms with E-state index in [9.17, 15) is 9.59 Å². The lowest BCUT2D eigenvalue weighted by atomic mass is 10.1. The highest BCUT2D eigenvalue weighted by Gasteiger charge is 2.31. The van der Waals surface area contributed by atoms with Crippen molar-refractivity contribution in [1.82, 2.24) is 10.2 Å². The number of amides is 2. The molecule has 0 bridgehead atoms. The predicted octanol–water partition coefficient (Wildman–Crippen LogP) is 1.88. The first kappa shape index (κ1) is 16.6. The van der Waals surface area contributed by atoms with Gasteiger partial charge < -0.3 is 15.0 Å². The maximum Gasteiger partial charge on any atom is 0.225 e. The minimum absolute atomic E-state index is 0.0219. The van der Waals surface area contributed by atoms with Crippen molar-refractivity contribution < 1.29 is 14.3 Å².